The molecule has 0 radical (unpaired) electrons. The van der Waals surface area contributed by atoms with Crippen LogP contribution in [-0.2, 0) is 0 Å². The van der Waals surface area contributed by atoms with Crippen LogP contribution in [0.4, 0.5) is 8.78 Å². The quantitative estimate of drug-likeness (QED) is 0.580. The molecule has 0 bridgehead atoms. The van der Waals surface area contributed by atoms with Crippen molar-refractivity contribution >= 4 is 49.7 Å². The first-order valence-corrected chi connectivity index (χ1v) is 8.43. The number of nitrogens with zero attached hydrogens (tertiary/aromatic N) is 1. The second-order valence-electron chi connectivity index (χ2n) is 5.14. The Hall–Kier alpha value is -2.12. The molecule has 0 unspecified atom stereocenters. The highest BCUT2D eigenvalue weighted by Gasteiger charge is 2.12. The number of ether oxygens (including phenoxy) is 1. The maximum Gasteiger partial charge on any atom is 0.172 e. The van der Waals surface area contributed by atoms with Crippen molar-refractivity contribution in [2.45, 2.75) is 6.92 Å². The predicted molar refractivity (Wildman–Crippen MR) is 96.7 cm³/mol. The number of aromatic hydroxyl groups is 1. The fourth-order valence-electron chi connectivity index (χ4n) is 2.28. The first-order chi connectivity index (χ1) is 11.9. The minimum Gasteiger partial charge on any atom is -0.503 e. The summed E-state index contributed by atoms with van der Waals surface area (Å²) in [4.78, 5) is 6.99. The van der Waals surface area contributed by atoms with Gasteiger partial charge in [-0.15, -0.1) is 0 Å². The third-order valence-corrected chi connectivity index (χ3v) is 4.29. The summed E-state index contributed by atoms with van der Waals surface area (Å²) in [6.45, 7) is 2.19. The van der Waals surface area contributed by atoms with E-state index in [1.807, 2.05) is 0 Å². The summed E-state index contributed by atoms with van der Waals surface area (Å²) in [6.07, 6.45) is 1.60. The van der Waals surface area contributed by atoms with Gasteiger partial charge in [0.15, 0.2) is 23.1 Å². The molecule has 8 heteroatoms. The minimum atomic E-state index is -0.977. The minimum absolute atomic E-state index is 0.00944. The number of hydrogen-bond acceptors (Lipinski definition) is 3. The van der Waals surface area contributed by atoms with Crippen LogP contribution in [-0.4, -0.2) is 21.7 Å². The number of nitrogens with one attached hydrogen (secondary N) is 1. The second-order valence-corrected chi connectivity index (χ2v) is 6.41. The number of hydrogen-bond donors (Lipinski definition) is 2. The number of aromatic amines is 1. The van der Waals surface area contributed by atoms with Gasteiger partial charge in [0.25, 0.3) is 0 Å². The van der Waals surface area contributed by atoms with Crippen molar-refractivity contribution in [2.24, 2.45) is 0 Å². The van der Waals surface area contributed by atoms with Crippen LogP contribution in [0.1, 0.15) is 18.3 Å². The van der Waals surface area contributed by atoms with E-state index in [4.69, 9.17) is 16.3 Å². The highest BCUT2D eigenvalue weighted by molar-refractivity contribution is 9.10. The molecule has 3 aromatic rings. The Labute approximate surface area is 155 Å². The van der Waals surface area contributed by atoms with Crippen molar-refractivity contribution < 1.29 is 18.6 Å². The summed E-state index contributed by atoms with van der Waals surface area (Å²) in [5, 5.41) is 10.2. The zero-order chi connectivity index (χ0) is 18.1. The Morgan fingerprint density at radius 2 is 2.04 bits per heavy atom. The van der Waals surface area contributed by atoms with Gasteiger partial charge in [-0.3, -0.25) is 0 Å². The fraction of sp³-hybridized carbons (Fsp3) is 0.118. The van der Waals surface area contributed by atoms with Crippen molar-refractivity contribution in [3.8, 4) is 11.5 Å². The lowest BCUT2D eigenvalue weighted by molar-refractivity contribution is 0.317. The van der Waals surface area contributed by atoms with E-state index in [0.717, 1.165) is 12.1 Å². The number of rotatable bonds is 4. The van der Waals surface area contributed by atoms with Gasteiger partial charge in [0.2, 0.25) is 0 Å². The van der Waals surface area contributed by atoms with Crippen LogP contribution in [0.15, 0.2) is 28.7 Å². The number of H-pyrrole nitrogens is 1. The van der Waals surface area contributed by atoms with Gasteiger partial charge in [0.05, 0.1) is 27.1 Å². The van der Waals surface area contributed by atoms with Crippen LogP contribution < -0.4 is 4.74 Å². The molecule has 0 spiro atoms. The first-order valence-electron chi connectivity index (χ1n) is 7.26. The van der Waals surface area contributed by atoms with Crippen molar-refractivity contribution in [2.75, 3.05) is 6.61 Å². The van der Waals surface area contributed by atoms with Crippen molar-refractivity contribution in [1.82, 2.24) is 9.97 Å². The zero-order valence-electron chi connectivity index (χ0n) is 12.9. The van der Waals surface area contributed by atoms with E-state index in [0.29, 0.717) is 27.9 Å². The molecule has 0 aliphatic carbocycles. The number of aromatic nitrogens is 2. The fourth-order valence-corrected chi connectivity index (χ4v) is 2.95. The Morgan fingerprint density at radius 1 is 1.32 bits per heavy atom. The molecule has 0 saturated heterocycles. The SMILES string of the molecule is CCOc1cc(/C=C(/Cl)c2nc3cc(F)c(F)cc3[nH]2)cc(Br)c1O. The summed E-state index contributed by atoms with van der Waals surface area (Å²) in [6, 6.07) is 5.30. The Bertz CT molecular complexity index is 949. The third-order valence-electron chi connectivity index (χ3n) is 3.39. The number of imidazole rings is 1. The lowest BCUT2D eigenvalue weighted by Crippen LogP contribution is -1.93. The molecule has 0 atom stereocenters. The van der Waals surface area contributed by atoms with Crippen LogP contribution in [0.2, 0.25) is 0 Å². The summed E-state index contributed by atoms with van der Waals surface area (Å²) in [7, 11) is 0. The van der Waals surface area contributed by atoms with Crippen molar-refractivity contribution in [3.05, 3.63) is 51.8 Å². The number of phenols is 1. The van der Waals surface area contributed by atoms with Crippen LogP contribution in [0, 0.1) is 11.6 Å². The molecule has 3 rings (SSSR count). The van der Waals surface area contributed by atoms with Gasteiger partial charge in [-0.2, -0.15) is 0 Å². The topological polar surface area (TPSA) is 58.1 Å². The molecule has 25 heavy (non-hydrogen) atoms. The van der Waals surface area contributed by atoms with Crippen LogP contribution >= 0.6 is 27.5 Å². The second kappa shape index (κ2) is 7.01. The van der Waals surface area contributed by atoms with E-state index in [1.54, 1.807) is 25.1 Å². The highest BCUT2D eigenvalue weighted by Crippen LogP contribution is 2.37. The zero-order valence-corrected chi connectivity index (χ0v) is 15.3. The molecule has 0 saturated carbocycles. The van der Waals surface area contributed by atoms with E-state index >= 15 is 0 Å². The highest BCUT2D eigenvalue weighted by atomic mass is 79.9. The van der Waals surface area contributed by atoms with E-state index in [-0.39, 0.29) is 22.1 Å². The molecule has 1 aromatic heterocycles. The van der Waals surface area contributed by atoms with Gasteiger partial charge in [-0.05, 0) is 46.6 Å². The Morgan fingerprint density at radius 3 is 2.76 bits per heavy atom. The lowest BCUT2D eigenvalue weighted by atomic mass is 10.2. The monoisotopic (exact) mass is 428 g/mol. The van der Waals surface area contributed by atoms with Gasteiger partial charge >= 0.3 is 0 Å². The molecule has 0 aliphatic heterocycles. The number of phenolic OH excluding ortho intramolecular Hbond substituents is 1. The van der Waals surface area contributed by atoms with Gasteiger partial charge < -0.3 is 14.8 Å². The van der Waals surface area contributed by atoms with Gasteiger partial charge in [-0.25, -0.2) is 13.8 Å². The van der Waals surface area contributed by atoms with Gasteiger partial charge in [-0.1, -0.05) is 11.6 Å². The molecule has 2 N–H and O–H groups in total. The molecule has 1 heterocycles. The van der Waals surface area contributed by atoms with Crippen LogP contribution in [0.5, 0.6) is 11.5 Å². The molecule has 130 valence electrons. The summed E-state index contributed by atoms with van der Waals surface area (Å²) in [5.74, 6) is -1.38. The van der Waals surface area contributed by atoms with E-state index in [1.165, 1.54) is 0 Å². The van der Waals surface area contributed by atoms with Crippen molar-refractivity contribution in [3.63, 3.8) is 0 Å². The summed E-state index contributed by atoms with van der Waals surface area (Å²) < 4.78 is 32.4. The van der Waals surface area contributed by atoms with Gasteiger partial charge in [0.1, 0.15) is 5.82 Å². The van der Waals surface area contributed by atoms with E-state index < -0.39 is 11.6 Å². The average molecular weight is 430 g/mol. The lowest BCUT2D eigenvalue weighted by Gasteiger charge is -2.08. The first kappa shape index (κ1) is 17.7. The Balaban J connectivity index is 2.01. The largest absolute Gasteiger partial charge is 0.503 e. The van der Waals surface area contributed by atoms with Gasteiger partial charge in [0, 0.05) is 12.1 Å². The number of benzene rings is 2. The number of halogens is 4. The molecular weight excluding hydrogens is 418 g/mol. The maximum atomic E-state index is 13.3. The van der Waals surface area contributed by atoms with Crippen LogP contribution in [0.25, 0.3) is 22.1 Å². The average Bonchev–Trinajstić information content (AvgIpc) is 2.95. The smallest absolute Gasteiger partial charge is 0.172 e. The molecular formula is C17H12BrClF2N2O2. The molecule has 2 aromatic carbocycles. The normalized spacial score (nSPS) is 12.0. The summed E-state index contributed by atoms with van der Waals surface area (Å²) >= 11 is 9.52. The predicted octanol–water partition coefficient (Wildman–Crippen LogP) is 5.44. The summed E-state index contributed by atoms with van der Waals surface area (Å²) in [5.41, 5.74) is 1.25. The molecule has 0 aliphatic rings. The van der Waals surface area contributed by atoms with E-state index in [9.17, 15) is 13.9 Å². The van der Waals surface area contributed by atoms with Crippen molar-refractivity contribution in [1.29, 1.82) is 0 Å². The maximum absolute atomic E-state index is 13.3. The van der Waals surface area contributed by atoms with E-state index in [2.05, 4.69) is 25.9 Å². The molecule has 0 amide bonds. The number of fused-ring (bicyclic) bond motifs is 1. The Kier molecular flexibility index (Phi) is 4.96. The molecule has 4 nitrogen and oxygen atoms in total. The standard InChI is InChI=1S/C17H12BrClF2N2O2/c1-2-25-15-5-8(3-9(18)16(15)24)4-10(19)17-22-13-6-11(20)12(21)7-14(13)23-17/h3-7,24H,2H2,1H3,(H,22,23)/b10-4+. The third kappa shape index (κ3) is 3.62. The van der Waals surface area contributed by atoms with Crippen LogP contribution in [0.3, 0.4) is 0 Å². The molecule has 0 fully saturated rings.